The summed E-state index contributed by atoms with van der Waals surface area (Å²) in [5, 5.41) is 3.01. The van der Waals surface area contributed by atoms with Crippen molar-refractivity contribution in [2.75, 3.05) is 0 Å². The van der Waals surface area contributed by atoms with Crippen molar-refractivity contribution in [2.45, 2.75) is 33.2 Å². The van der Waals surface area contributed by atoms with Crippen molar-refractivity contribution in [1.82, 2.24) is 5.32 Å². The highest BCUT2D eigenvalue weighted by molar-refractivity contribution is 9.10. The molecule has 0 aliphatic rings. The van der Waals surface area contributed by atoms with Gasteiger partial charge >= 0.3 is 0 Å². The molecule has 1 aromatic rings. The maximum atomic E-state index is 11.9. The largest absolute Gasteiger partial charge is 0.349 e. The Balaban J connectivity index is 2.66. The molecule has 88 valence electrons. The number of rotatable bonds is 4. The van der Waals surface area contributed by atoms with Gasteiger partial charge in [0, 0.05) is 16.1 Å². The van der Waals surface area contributed by atoms with Gasteiger partial charge in [0.25, 0.3) is 5.91 Å². The summed E-state index contributed by atoms with van der Waals surface area (Å²) in [7, 11) is 0. The molecule has 2 nitrogen and oxygen atoms in total. The SMILES string of the molecule is CCC(C)C(C)NC(=O)c1cccc(Br)c1. The molecule has 1 N–H and O–H groups in total. The van der Waals surface area contributed by atoms with Crippen molar-refractivity contribution < 1.29 is 4.79 Å². The average Bonchev–Trinajstić information content (AvgIpc) is 2.27. The highest BCUT2D eigenvalue weighted by Gasteiger charge is 2.14. The first kappa shape index (κ1) is 13.2. The minimum absolute atomic E-state index is 0.00546. The maximum Gasteiger partial charge on any atom is 0.251 e. The Morgan fingerprint density at radius 3 is 2.69 bits per heavy atom. The molecule has 0 saturated heterocycles. The van der Waals surface area contributed by atoms with Crippen molar-refractivity contribution in [3.8, 4) is 0 Å². The lowest BCUT2D eigenvalue weighted by molar-refractivity contribution is 0.0928. The van der Waals surface area contributed by atoms with Crippen LogP contribution in [0.4, 0.5) is 0 Å². The van der Waals surface area contributed by atoms with Crippen molar-refractivity contribution in [1.29, 1.82) is 0 Å². The first-order valence-corrected chi connectivity index (χ1v) is 6.40. The standard InChI is InChI=1S/C13H18BrNO/c1-4-9(2)10(3)15-13(16)11-6-5-7-12(14)8-11/h5-10H,4H2,1-3H3,(H,15,16). The number of halogens is 1. The number of carbonyl (C=O) groups is 1. The first-order valence-electron chi connectivity index (χ1n) is 5.61. The smallest absolute Gasteiger partial charge is 0.251 e. The number of benzene rings is 1. The average molecular weight is 284 g/mol. The topological polar surface area (TPSA) is 29.1 Å². The van der Waals surface area contributed by atoms with E-state index in [-0.39, 0.29) is 11.9 Å². The molecule has 0 aliphatic heterocycles. The van der Waals surface area contributed by atoms with E-state index < -0.39 is 0 Å². The lowest BCUT2D eigenvalue weighted by Gasteiger charge is -2.19. The van der Waals surface area contributed by atoms with E-state index in [0.717, 1.165) is 10.9 Å². The quantitative estimate of drug-likeness (QED) is 0.899. The van der Waals surface area contributed by atoms with Gasteiger partial charge in [-0.1, -0.05) is 42.3 Å². The van der Waals surface area contributed by atoms with E-state index >= 15 is 0 Å². The van der Waals surface area contributed by atoms with Gasteiger partial charge in [0.15, 0.2) is 0 Å². The number of carbonyl (C=O) groups excluding carboxylic acids is 1. The second-order valence-electron chi connectivity index (χ2n) is 4.16. The Morgan fingerprint density at radius 2 is 2.12 bits per heavy atom. The Kier molecular flexibility index (Phi) is 5.00. The van der Waals surface area contributed by atoms with Gasteiger partial charge in [0.2, 0.25) is 0 Å². The molecule has 1 amide bonds. The fourth-order valence-corrected chi connectivity index (χ4v) is 1.81. The zero-order valence-electron chi connectivity index (χ0n) is 9.96. The van der Waals surface area contributed by atoms with Gasteiger partial charge in [-0.05, 0) is 31.0 Å². The monoisotopic (exact) mass is 283 g/mol. The summed E-state index contributed by atoms with van der Waals surface area (Å²) in [5.41, 5.74) is 0.699. The molecule has 1 aromatic carbocycles. The van der Waals surface area contributed by atoms with Gasteiger partial charge in [-0.2, -0.15) is 0 Å². The van der Waals surface area contributed by atoms with Gasteiger partial charge in [-0.3, -0.25) is 4.79 Å². The zero-order chi connectivity index (χ0) is 12.1. The molecule has 0 heterocycles. The molecule has 16 heavy (non-hydrogen) atoms. The van der Waals surface area contributed by atoms with E-state index in [0.29, 0.717) is 11.5 Å². The summed E-state index contributed by atoms with van der Waals surface area (Å²) < 4.78 is 0.927. The third-order valence-electron chi connectivity index (χ3n) is 2.94. The molecule has 2 unspecified atom stereocenters. The first-order chi connectivity index (χ1) is 7.54. The third kappa shape index (κ3) is 3.63. The second-order valence-corrected chi connectivity index (χ2v) is 5.07. The summed E-state index contributed by atoms with van der Waals surface area (Å²) >= 11 is 3.36. The van der Waals surface area contributed by atoms with E-state index in [2.05, 4.69) is 35.1 Å². The number of hydrogen-bond donors (Lipinski definition) is 1. The van der Waals surface area contributed by atoms with Crippen LogP contribution >= 0.6 is 15.9 Å². The predicted molar refractivity (Wildman–Crippen MR) is 70.5 cm³/mol. The molecule has 3 heteroatoms. The molecule has 0 bridgehead atoms. The molecule has 2 atom stereocenters. The Bertz CT molecular complexity index is 365. The molecular formula is C13H18BrNO. The van der Waals surface area contributed by atoms with Crippen LogP contribution in [0.5, 0.6) is 0 Å². The highest BCUT2D eigenvalue weighted by atomic mass is 79.9. The van der Waals surface area contributed by atoms with Crippen molar-refractivity contribution in [2.24, 2.45) is 5.92 Å². The van der Waals surface area contributed by atoms with E-state index in [1.54, 1.807) is 0 Å². The van der Waals surface area contributed by atoms with Gasteiger partial charge in [-0.25, -0.2) is 0 Å². The Morgan fingerprint density at radius 1 is 1.44 bits per heavy atom. The van der Waals surface area contributed by atoms with E-state index in [1.807, 2.05) is 31.2 Å². The fraction of sp³-hybridized carbons (Fsp3) is 0.462. The molecule has 0 saturated carbocycles. The van der Waals surface area contributed by atoms with Gasteiger partial charge in [0.05, 0.1) is 0 Å². The fourth-order valence-electron chi connectivity index (χ4n) is 1.42. The predicted octanol–water partition coefficient (Wildman–Crippen LogP) is 3.61. The van der Waals surface area contributed by atoms with Crippen LogP contribution < -0.4 is 5.32 Å². The van der Waals surface area contributed by atoms with Crippen molar-refractivity contribution in [3.63, 3.8) is 0 Å². The van der Waals surface area contributed by atoms with Crippen LogP contribution in [0.25, 0.3) is 0 Å². The second kappa shape index (κ2) is 6.04. The van der Waals surface area contributed by atoms with Gasteiger partial charge < -0.3 is 5.32 Å². The summed E-state index contributed by atoms with van der Waals surface area (Å²) in [4.78, 5) is 11.9. The summed E-state index contributed by atoms with van der Waals surface area (Å²) in [5.74, 6) is 0.491. The third-order valence-corrected chi connectivity index (χ3v) is 3.44. The van der Waals surface area contributed by atoms with E-state index in [9.17, 15) is 4.79 Å². The zero-order valence-corrected chi connectivity index (χ0v) is 11.5. The van der Waals surface area contributed by atoms with Crippen molar-refractivity contribution in [3.05, 3.63) is 34.3 Å². The normalized spacial score (nSPS) is 14.2. The summed E-state index contributed by atoms with van der Waals surface area (Å²) in [6.45, 7) is 6.32. The van der Waals surface area contributed by atoms with Crippen LogP contribution in [0.2, 0.25) is 0 Å². The molecule has 1 rings (SSSR count). The van der Waals surface area contributed by atoms with Crippen LogP contribution in [0.1, 0.15) is 37.6 Å². The molecule has 0 aliphatic carbocycles. The summed E-state index contributed by atoms with van der Waals surface area (Å²) in [6, 6.07) is 7.64. The maximum absolute atomic E-state index is 11.9. The number of hydrogen-bond acceptors (Lipinski definition) is 1. The molecular weight excluding hydrogens is 266 g/mol. The molecule has 0 spiro atoms. The Hall–Kier alpha value is -0.830. The molecule has 0 fully saturated rings. The van der Waals surface area contributed by atoms with Crippen LogP contribution in [0.15, 0.2) is 28.7 Å². The van der Waals surface area contributed by atoms with Crippen molar-refractivity contribution >= 4 is 21.8 Å². The molecule has 0 radical (unpaired) electrons. The minimum Gasteiger partial charge on any atom is -0.349 e. The molecule has 0 aromatic heterocycles. The highest BCUT2D eigenvalue weighted by Crippen LogP contribution is 2.13. The lowest BCUT2D eigenvalue weighted by Crippen LogP contribution is -2.36. The number of amides is 1. The minimum atomic E-state index is -0.00546. The van der Waals surface area contributed by atoms with Crippen LogP contribution in [-0.2, 0) is 0 Å². The van der Waals surface area contributed by atoms with Crippen LogP contribution in [0.3, 0.4) is 0 Å². The van der Waals surface area contributed by atoms with Gasteiger partial charge in [-0.15, -0.1) is 0 Å². The van der Waals surface area contributed by atoms with Crippen LogP contribution in [0, 0.1) is 5.92 Å². The van der Waals surface area contributed by atoms with Crippen LogP contribution in [-0.4, -0.2) is 11.9 Å². The van der Waals surface area contributed by atoms with E-state index in [1.165, 1.54) is 0 Å². The van der Waals surface area contributed by atoms with Gasteiger partial charge in [0.1, 0.15) is 0 Å². The van der Waals surface area contributed by atoms with E-state index in [4.69, 9.17) is 0 Å². The lowest BCUT2D eigenvalue weighted by atomic mass is 10.0. The number of nitrogens with one attached hydrogen (secondary N) is 1. The Labute approximate surface area is 106 Å². The summed E-state index contributed by atoms with van der Waals surface area (Å²) in [6.07, 6.45) is 1.07.